The molecule has 3 aromatic rings. The molecule has 0 N–H and O–H groups in total. The van der Waals surface area contributed by atoms with Crippen molar-refractivity contribution in [1.29, 1.82) is 0 Å². The van der Waals surface area contributed by atoms with Crippen molar-refractivity contribution in [2.45, 2.75) is 23.0 Å². The van der Waals surface area contributed by atoms with Crippen LogP contribution in [0.2, 0.25) is 0 Å². The summed E-state index contributed by atoms with van der Waals surface area (Å²) in [5.74, 6) is 1.09. The number of hydrogen-bond acceptors (Lipinski definition) is 5. The number of likely N-dealkylation sites (tertiary alicyclic amines) is 1. The Morgan fingerprint density at radius 3 is 2.33 bits per heavy atom. The normalized spacial score (nSPS) is 15.2. The predicted octanol–water partition coefficient (Wildman–Crippen LogP) is 4.03. The van der Waals surface area contributed by atoms with Gasteiger partial charge in [0.2, 0.25) is 0 Å². The van der Waals surface area contributed by atoms with Crippen LogP contribution in [0.15, 0.2) is 76.2 Å². The molecule has 0 bridgehead atoms. The molecule has 1 aromatic heterocycles. The van der Waals surface area contributed by atoms with Gasteiger partial charge < -0.3 is 14.1 Å². The second-order valence-corrected chi connectivity index (χ2v) is 9.47. The summed E-state index contributed by atoms with van der Waals surface area (Å²) in [5.41, 5.74) is 1.32. The summed E-state index contributed by atoms with van der Waals surface area (Å²) in [7, 11) is -1.94. The van der Waals surface area contributed by atoms with Crippen LogP contribution in [-0.4, -0.2) is 44.7 Å². The summed E-state index contributed by atoms with van der Waals surface area (Å²) in [6.45, 7) is 0.788. The number of para-hydroxylation sites is 1. The number of ether oxygens (including phenoxy) is 1. The van der Waals surface area contributed by atoms with Crippen molar-refractivity contribution in [3.63, 3.8) is 0 Å². The lowest BCUT2D eigenvalue weighted by Crippen LogP contribution is -2.42. The van der Waals surface area contributed by atoms with Crippen molar-refractivity contribution in [2.24, 2.45) is 0 Å². The summed E-state index contributed by atoms with van der Waals surface area (Å²) < 4.78 is 36.8. The first kappa shape index (κ1) is 20.2. The summed E-state index contributed by atoms with van der Waals surface area (Å²) in [4.78, 5) is 14.8. The van der Waals surface area contributed by atoms with E-state index in [9.17, 15) is 13.2 Å². The number of sulfone groups is 1. The second-order valence-electron chi connectivity index (χ2n) is 7.24. The number of benzene rings is 2. The number of amides is 1. The molecule has 0 atom stereocenters. The maximum absolute atomic E-state index is 13.1. The summed E-state index contributed by atoms with van der Waals surface area (Å²) in [6, 6.07) is 17.5. The average Bonchev–Trinajstić information content (AvgIpc) is 3.34. The molecule has 1 fully saturated rings. The van der Waals surface area contributed by atoms with Crippen LogP contribution in [0, 0.1) is 0 Å². The lowest BCUT2D eigenvalue weighted by molar-refractivity contribution is 0.0722. The molecule has 1 amide bonds. The van der Waals surface area contributed by atoms with Gasteiger partial charge in [0.15, 0.2) is 9.84 Å². The average molecular weight is 426 g/mol. The zero-order chi connectivity index (χ0) is 21.1. The molecule has 0 radical (unpaired) electrons. The smallest absolute Gasteiger partial charge is 0.257 e. The van der Waals surface area contributed by atoms with E-state index in [2.05, 4.69) is 0 Å². The monoisotopic (exact) mass is 425 g/mol. The first-order valence-corrected chi connectivity index (χ1v) is 11.4. The van der Waals surface area contributed by atoms with E-state index in [0.717, 1.165) is 5.56 Å². The molecule has 2 heterocycles. The van der Waals surface area contributed by atoms with Crippen LogP contribution in [-0.2, 0) is 9.84 Å². The molecule has 7 heteroatoms. The van der Waals surface area contributed by atoms with Crippen LogP contribution in [0.25, 0.3) is 11.3 Å². The molecule has 156 valence electrons. The number of rotatable bonds is 5. The third-order valence-electron chi connectivity index (χ3n) is 5.49. The second kappa shape index (κ2) is 8.36. The number of piperidine rings is 1. The van der Waals surface area contributed by atoms with Crippen LogP contribution >= 0.6 is 0 Å². The van der Waals surface area contributed by atoms with Crippen LogP contribution in [0.4, 0.5) is 0 Å². The van der Waals surface area contributed by atoms with Crippen molar-refractivity contribution in [1.82, 2.24) is 4.90 Å². The summed E-state index contributed by atoms with van der Waals surface area (Å²) >= 11 is 0. The van der Waals surface area contributed by atoms with Crippen LogP contribution < -0.4 is 4.74 Å². The van der Waals surface area contributed by atoms with Gasteiger partial charge >= 0.3 is 0 Å². The largest absolute Gasteiger partial charge is 0.496 e. The highest BCUT2D eigenvalue weighted by atomic mass is 32.2. The first-order chi connectivity index (χ1) is 14.5. The van der Waals surface area contributed by atoms with E-state index in [0.29, 0.717) is 47.9 Å². The van der Waals surface area contributed by atoms with Crippen LogP contribution in [0.3, 0.4) is 0 Å². The Balaban J connectivity index is 1.45. The van der Waals surface area contributed by atoms with E-state index in [-0.39, 0.29) is 5.91 Å². The highest BCUT2D eigenvalue weighted by molar-refractivity contribution is 7.92. The molecule has 1 aliphatic heterocycles. The molecular formula is C23H23NO5S. The molecule has 0 unspecified atom stereocenters. The van der Waals surface area contributed by atoms with E-state index in [1.807, 2.05) is 12.1 Å². The molecule has 0 spiro atoms. The maximum Gasteiger partial charge on any atom is 0.257 e. The first-order valence-electron chi connectivity index (χ1n) is 9.81. The summed E-state index contributed by atoms with van der Waals surface area (Å²) in [6.07, 6.45) is 2.40. The number of hydrogen-bond donors (Lipinski definition) is 0. The van der Waals surface area contributed by atoms with Gasteiger partial charge in [-0.05, 0) is 61.4 Å². The molecule has 0 saturated carbocycles. The van der Waals surface area contributed by atoms with E-state index in [1.54, 1.807) is 59.7 Å². The van der Waals surface area contributed by atoms with Gasteiger partial charge in [0.1, 0.15) is 11.5 Å². The Bertz CT molecular complexity index is 1110. The third kappa shape index (κ3) is 3.85. The fourth-order valence-electron chi connectivity index (χ4n) is 3.81. The molecule has 30 heavy (non-hydrogen) atoms. The van der Waals surface area contributed by atoms with Gasteiger partial charge in [-0.2, -0.15) is 0 Å². The number of furan rings is 1. The van der Waals surface area contributed by atoms with Gasteiger partial charge in [-0.1, -0.05) is 12.1 Å². The van der Waals surface area contributed by atoms with Gasteiger partial charge in [0.05, 0.1) is 29.1 Å². The standard InChI is InChI=1S/C23H23NO5S/c1-28-22-6-3-2-5-20(22)23(25)24-14-12-19(13-15-24)30(26,27)18-10-8-17(9-11-18)21-7-4-16-29-21/h2-11,16,19H,12-15H2,1H3. The number of methoxy groups -OCH3 is 1. The van der Waals surface area contributed by atoms with E-state index >= 15 is 0 Å². The maximum atomic E-state index is 13.1. The Morgan fingerprint density at radius 2 is 1.70 bits per heavy atom. The van der Waals surface area contributed by atoms with Crippen molar-refractivity contribution in [3.8, 4) is 17.1 Å². The van der Waals surface area contributed by atoms with Crippen molar-refractivity contribution >= 4 is 15.7 Å². The minimum absolute atomic E-state index is 0.133. The molecule has 4 rings (SSSR count). The van der Waals surface area contributed by atoms with E-state index in [1.165, 1.54) is 7.11 Å². The Labute approximate surface area is 176 Å². The van der Waals surface area contributed by atoms with Gasteiger partial charge in [-0.25, -0.2) is 8.42 Å². The Kier molecular flexibility index (Phi) is 5.63. The topological polar surface area (TPSA) is 76.8 Å². The zero-order valence-corrected chi connectivity index (χ0v) is 17.5. The third-order valence-corrected chi connectivity index (χ3v) is 7.77. The predicted molar refractivity (Wildman–Crippen MR) is 113 cm³/mol. The van der Waals surface area contributed by atoms with Crippen LogP contribution in [0.1, 0.15) is 23.2 Å². The summed E-state index contributed by atoms with van der Waals surface area (Å²) in [5, 5.41) is -0.506. The van der Waals surface area contributed by atoms with Gasteiger partial charge in [0.25, 0.3) is 5.91 Å². The molecule has 2 aromatic carbocycles. The minimum atomic E-state index is -3.47. The van der Waals surface area contributed by atoms with Gasteiger partial charge in [0, 0.05) is 18.7 Å². The van der Waals surface area contributed by atoms with Gasteiger partial charge in [-0.3, -0.25) is 4.79 Å². The van der Waals surface area contributed by atoms with E-state index < -0.39 is 15.1 Å². The number of carbonyl (C=O) groups is 1. The van der Waals surface area contributed by atoms with Crippen molar-refractivity contribution in [2.75, 3.05) is 20.2 Å². The highest BCUT2D eigenvalue weighted by Gasteiger charge is 2.33. The lowest BCUT2D eigenvalue weighted by atomic mass is 10.1. The molecular weight excluding hydrogens is 402 g/mol. The molecule has 1 aliphatic rings. The quantitative estimate of drug-likeness (QED) is 0.617. The molecule has 0 aliphatic carbocycles. The molecule has 6 nitrogen and oxygen atoms in total. The van der Waals surface area contributed by atoms with Crippen LogP contribution in [0.5, 0.6) is 5.75 Å². The fraction of sp³-hybridized carbons (Fsp3) is 0.261. The van der Waals surface area contributed by atoms with Crippen molar-refractivity contribution < 1.29 is 22.4 Å². The van der Waals surface area contributed by atoms with E-state index in [4.69, 9.17) is 9.15 Å². The Hall–Kier alpha value is -3.06. The number of nitrogens with zero attached hydrogens (tertiary/aromatic N) is 1. The fourth-order valence-corrected chi connectivity index (χ4v) is 5.54. The Morgan fingerprint density at radius 1 is 1.00 bits per heavy atom. The highest BCUT2D eigenvalue weighted by Crippen LogP contribution is 2.28. The SMILES string of the molecule is COc1ccccc1C(=O)N1CCC(S(=O)(=O)c2ccc(-c3ccco3)cc2)CC1. The zero-order valence-electron chi connectivity index (χ0n) is 16.7. The van der Waals surface area contributed by atoms with Gasteiger partial charge in [-0.15, -0.1) is 0 Å². The van der Waals surface area contributed by atoms with Crippen molar-refractivity contribution in [3.05, 3.63) is 72.5 Å². The molecule has 1 saturated heterocycles. The minimum Gasteiger partial charge on any atom is -0.496 e. The number of carbonyl (C=O) groups excluding carboxylic acids is 1. The lowest BCUT2D eigenvalue weighted by Gasteiger charge is -2.32.